The number of rotatable bonds is 4. The molecule has 0 aromatic carbocycles. The second-order valence-corrected chi connectivity index (χ2v) is 10.2. The molecule has 5 heterocycles. The molecule has 3 aromatic rings. The lowest BCUT2D eigenvalue weighted by Gasteiger charge is -2.38. The summed E-state index contributed by atoms with van der Waals surface area (Å²) >= 11 is 5.63. The molecule has 8 heteroatoms. The minimum Gasteiger partial charge on any atom is -0.368 e. The van der Waals surface area contributed by atoms with E-state index in [1.54, 1.807) is 0 Å². The fourth-order valence-corrected chi connectivity index (χ4v) is 5.04. The molecule has 0 atom stereocenters. The van der Waals surface area contributed by atoms with Gasteiger partial charge in [-0.1, -0.05) is 12.2 Å². The van der Waals surface area contributed by atoms with Gasteiger partial charge in [0.25, 0.3) is 0 Å². The van der Waals surface area contributed by atoms with Crippen molar-refractivity contribution in [3.05, 3.63) is 36.3 Å². The number of piperazine rings is 1. The first-order valence-electron chi connectivity index (χ1n) is 11.5. The summed E-state index contributed by atoms with van der Waals surface area (Å²) in [6, 6.07) is 6.85. The zero-order valence-electron chi connectivity index (χ0n) is 19.3. The summed E-state index contributed by atoms with van der Waals surface area (Å²) < 4.78 is 2.27. The lowest BCUT2D eigenvalue weighted by molar-refractivity contribution is 0.209. The van der Waals surface area contributed by atoms with Gasteiger partial charge in [0.15, 0.2) is 0 Å². The molecule has 0 spiro atoms. The minimum atomic E-state index is -0.0233. The Morgan fingerprint density at radius 1 is 1.06 bits per heavy atom. The van der Waals surface area contributed by atoms with E-state index in [4.69, 9.17) is 17.2 Å². The smallest absolute Gasteiger partial charge is 0.230 e. The van der Waals surface area contributed by atoms with Crippen LogP contribution < -0.4 is 10.2 Å². The maximum absolute atomic E-state index is 5.63. The van der Waals surface area contributed by atoms with E-state index in [0.717, 1.165) is 72.1 Å². The Bertz CT molecular complexity index is 1140. The van der Waals surface area contributed by atoms with Gasteiger partial charge >= 0.3 is 0 Å². The van der Waals surface area contributed by atoms with Gasteiger partial charge in [0.05, 0.1) is 17.6 Å². The number of nitrogens with zero attached hydrogens (tertiary/aromatic N) is 6. The van der Waals surface area contributed by atoms with E-state index in [2.05, 4.69) is 69.5 Å². The predicted molar refractivity (Wildman–Crippen MR) is 134 cm³/mol. The van der Waals surface area contributed by atoms with Crippen LogP contribution in [0, 0.1) is 0 Å². The topological polar surface area (TPSA) is 62.1 Å². The van der Waals surface area contributed by atoms with Crippen molar-refractivity contribution in [1.82, 2.24) is 24.4 Å². The number of pyridine rings is 1. The summed E-state index contributed by atoms with van der Waals surface area (Å²) in [4.78, 5) is 19.9. The minimum absolute atomic E-state index is 0.0233. The van der Waals surface area contributed by atoms with Gasteiger partial charge in [-0.15, -0.1) is 0 Å². The largest absolute Gasteiger partial charge is 0.368 e. The molecule has 0 bridgehead atoms. The highest BCUT2D eigenvalue weighted by Gasteiger charge is 2.32. The van der Waals surface area contributed by atoms with Crippen LogP contribution in [0.25, 0.3) is 11.0 Å². The zero-order valence-corrected chi connectivity index (χ0v) is 20.1. The number of hydrogen-bond donors (Lipinski definition) is 1. The molecular formula is C24H31N7S. The highest BCUT2D eigenvalue weighted by atomic mass is 32.1. The summed E-state index contributed by atoms with van der Waals surface area (Å²) in [6.07, 6.45) is 5.77. The van der Waals surface area contributed by atoms with Crippen LogP contribution in [0.4, 0.5) is 17.5 Å². The van der Waals surface area contributed by atoms with Crippen LogP contribution in [0.2, 0.25) is 0 Å². The molecule has 2 aliphatic heterocycles. The fraction of sp³-hybridized carbons (Fsp3) is 0.500. The summed E-state index contributed by atoms with van der Waals surface area (Å²) in [5.41, 5.74) is 3.15. The second-order valence-electron chi connectivity index (χ2n) is 9.72. The molecule has 0 aliphatic carbocycles. The summed E-state index contributed by atoms with van der Waals surface area (Å²) in [5.74, 6) is 1.30. The molecule has 168 valence electrons. The van der Waals surface area contributed by atoms with Crippen LogP contribution >= 0.6 is 12.2 Å². The van der Waals surface area contributed by atoms with Gasteiger partial charge in [0, 0.05) is 54.2 Å². The predicted octanol–water partition coefficient (Wildman–Crippen LogP) is 4.35. The Labute approximate surface area is 194 Å². The van der Waals surface area contributed by atoms with Crippen LogP contribution in [0.3, 0.4) is 0 Å². The van der Waals surface area contributed by atoms with Crippen LogP contribution in [0.15, 0.2) is 30.6 Å². The lowest BCUT2D eigenvalue weighted by atomic mass is 9.92. The van der Waals surface area contributed by atoms with Crippen LogP contribution in [0.1, 0.15) is 46.2 Å². The van der Waals surface area contributed by atoms with Gasteiger partial charge in [-0.2, -0.15) is 4.98 Å². The summed E-state index contributed by atoms with van der Waals surface area (Å²) in [7, 11) is 0. The Morgan fingerprint density at radius 2 is 1.84 bits per heavy atom. The van der Waals surface area contributed by atoms with E-state index in [1.165, 1.54) is 0 Å². The molecule has 0 saturated carbocycles. The van der Waals surface area contributed by atoms with Crippen LogP contribution in [-0.4, -0.2) is 61.5 Å². The number of nitrogens with one attached hydrogen (secondary N) is 1. The molecule has 0 amide bonds. The van der Waals surface area contributed by atoms with Crippen molar-refractivity contribution in [2.24, 2.45) is 0 Å². The van der Waals surface area contributed by atoms with Crippen LogP contribution in [-0.2, 0) is 5.54 Å². The lowest BCUT2D eigenvalue weighted by Crippen LogP contribution is -2.48. The standard InChI is InChI=1S/C24H31N7S/c1-16(2)29-9-11-30(12-10-29)18-5-6-21(25-15-18)27-23-26-14-17-13-19-20(32)7-8-24(3,4)31(19)22(17)28-23/h5-6,13-16H,7-12H2,1-4H3,(H,25,26,27,28). The van der Waals surface area contributed by atoms with Gasteiger partial charge in [0.2, 0.25) is 5.95 Å². The zero-order chi connectivity index (χ0) is 22.5. The second kappa shape index (κ2) is 8.08. The Hall–Kier alpha value is -2.58. The molecule has 32 heavy (non-hydrogen) atoms. The Balaban J connectivity index is 1.34. The normalized spacial score (nSPS) is 18.9. The third kappa shape index (κ3) is 3.86. The number of anilines is 3. The van der Waals surface area contributed by atoms with E-state index < -0.39 is 0 Å². The molecule has 3 aromatic heterocycles. The van der Waals surface area contributed by atoms with Gasteiger partial charge < -0.3 is 14.8 Å². The third-order valence-electron chi connectivity index (χ3n) is 6.79. The molecular weight excluding hydrogens is 418 g/mol. The first-order chi connectivity index (χ1) is 15.3. The fourth-order valence-electron chi connectivity index (χ4n) is 4.78. The van der Waals surface area contributed by atoms with Crippen molar-refractivity contribution >= 4 is 45.6 Å². The average molecular weight is 450 g/mol. The maximum Gasteiger partial charge on any atom is 0.230 e. The van der Waals surface area contributed by atoms with Crippen molar-refractivity contribution < 1.29 is 0 Å². The first-order valence-corrected chi connectivity index (χ1v) is 11.9. The average Bonchev–Trinajstić information content (AvgIpc) is 3.18. The maximum atomic E-state index is 5.63. The summed E-state index contributed by atoms with van der Waals surface area (Å²) in [5, 5.41) is 4.30. The first kappa shape index (κ1) is 21.3. The molecule has 2 aliphatic rings. The Kier molecular flexibility index (Phi) is 5.37. The quantitative estimate of drug-likeness (QED) is 0.594. The van der Waals surface area contributed by atoms with Gasteiger partial charge in [-0.3, -0.25) is 4.90 Å². The van der Waals surface area contributed by atoms with Crippen molar-refractivity contribution in [1.29, 1.82) is 0 Å². The van der Waals surface area contributed by atoms with E-state index in [-0.39, 0.29) is 5.54 Å². The molecule has 7 nitrogen and oxygen atoms in total. The molecule has 0 unspecified atom stereocenters. The van der Waals surface area contributed by atoms with E-state index in [0.29, 0.717) is 12.0 Å². The van der Waals surface area contributed by atoms with E-state index in [1.807, 2.05) is 18.5 Å². The SMILES string of the molecule is CC(C)N1CCN(c2ccc(Nc3ncc4cc5n(c4n3)C(C)(C)CCC5=S)nc2)CC1. The number of thiocarbonyl (C=S) groups is 1. The highest BCUT2D eigenvalue weighted by molar-refractivity contribution is 7.80. The van der Waals surface area contributed by atoms with Gasteiger partial charge in [-0.25, -0.2) is 9.97 Å². The summed E-state index contributed by atoms with van der Waals surface area (Å²) in [6.45, 7) is 13.3. The van der Waals surface area contributed by atoms with Crippen molar-refractivity contribution in [3.63, 3.8) is 0 Å². The number of fused-ring (bicyclic) bond motifs is 3. The molecule has 1 fully saturated rings. The molecule has 0 radical (unpaired) electrons. The van der Waals surface area contributed by atoms with Crippen molar-refractivity contribution in [3.8, 4) is 0 Å². The highest BCUT2D eigenvalue weighted by Crippen LogP contribution is 2.35. The van der Waals surface area contributed by atoms with Gasteiger partial charge in [-0.05, 0) is 58.7 Å². The van der Waals surface area contributed by atoms with Crippen molar-refractivity contribution in [2.45, 2.75) is 52.1 Å². The number of aromatic nitrogens is 4. The molecule has 1 N–H and O–H groups in total. The van der Waals surface area contributed by atoms with E-state index >= 15 is 0 Å². The third-order valence-corrected chi connectivity index (χ3v) is 7.21. The van der Waals surface area contributed by atoms with Gasteiger partial charge in [0.1, 0.15) is 11.5 Å². The van der Waals surface area contributed by atoms with Crippen molar-refractivity contribution in [2.75, 3.05) is 36.4 Å². The van der Waals surface area contributed by atoms with E-state index in [9.17, 15) is 0 Å². The molecule has 5 rings (SSSR count). The monoisotopic (exact) mass is 449 g/mol. The Morgan fingerprint density at radius 3 is 2.53 bits per heavy atom. The van der Waals surface area contributed by atoms with Crippen LogP contribution in [0.5, 0.6) is 0 Å². The molecule has 1 saturated heterocycles. The number of hydrogen-bond acceptors (Lipinski definition) is 7.